The van der Waals surface area contributed by atoms with E-state index < -0.39 is 11.7 Å². The molecular formula is C25H28F3N3O. The van der Waals surface area contributed by atoms with Gasteiger partial charge in [-0.25, -0.2) is 0 Å². The van der Waals surface area contributed by atoms with E-state index in [9.17, 15) is 18.0 Å². The number of hydrogen-bond donors (Lipinski definition) is 0. The van der Waals surface area contributed by atoms with Crippen molar-refractivity contribution in [2.75, 3.05) is 37.6 Å². The Balaban J connectivity index is 1.45. The molecule has 1 amide bonds. The number of alkyl halides is 3. The van der Waals surface area contributed by atoms with Crippen LogP contribution in [0, 0.1) is 5.92 Å². The first-order valence-electron chi connectivity index (χ1n) is 11.4. The highest BCUT2D eigenvalue weighted by Gasteiger charge is 2.44. The van der Waals surface area contributed by atoms with Crippen molar-refractivity contribution in [1.82, 2.24) is 9.80 Å². The molecule has 4 nitrogen and oxygen atoms in total. The molecule has 0 aliphatic carbocycles. The van der Waals surface area contributed by atoms with E-state index in [1.165, 1.54) is 17.7 Å². The van der Waals surface area contributed by atoms with Crippen LogP contribution in [0.5, 0.6) is 0 Å². The van der Waals surface area contributed by atoms with Crippen molar-refractivity contribution in [3.05, 3.63) is 65.2 Å². The van der Waals surface area contributed by atoms with Crippen LogP contribution in [-0.4, -0.2) is 54.5 Å². The van der Waals surface area contributed by atoms with Crippen molar-refractivity contribution in [2.24, 2.45) is 5.92 Å². The molecule has 2 unspecified atom stereocenters. The Morgan fingerprint density at radius 3 is 2.44 bits per heavy atom. The molecule has 3 aliphatic heterocycles. The summed E-state index contributed by atoms with van der Waals surface area (Å²) in [7, 11) is 0. The van der Waals surface area contributed by atoms with E-state index in [-0.39, 0.29) is 17.9 Å². The lowest BCUT2D eigenvalue weighted by molar-refractivity contribution is -0.137. The van der Waals surface area contributed by atoms with E-state index in [4.69, 9.17) is 0 Å². The first-order chi connectivity index (χ1) is 15.4. The zero-order valence-corrected chi connectivity index (χ0v) is 18.0. The summed E-state index contributed by atoms with van der Waals surface area (Å²) in [5.41, 5.74) is 2.09. The van der Waals surface area contributed by atoms with Crippen LogP contribution in [0.4, 0.5) is 18.9 Å². The van der Waals surface area contributed by atoms with Gasteiger partial charge in [0.15, 0.2) is 0 Å². The number of amides is 1. The summed E-state index contributed by atoms with van der Waals surface area (Å²) in [5.74, 6) is -0.218. The fraction of sp³-hybridized carbons (Fsp3) is 0.480. The smallest absolute Gasteiger partial charge is 0.365 e. The molecule has 7 heteroatoms. The molecule has 0 bridgehead atoms. The van der Waals surface area contributed by atoms with Crippen LogP contribution in [0.1, 0.15) is 29.5 Å². The molecule has 2 atom stereocenters. The van der Waals surface area contributed by atoms with E-state index in [0.29, 0.717) is 18.5 Å². The normalized spacial score (nSPS) is 23.7. The number of hydrogen-bond acceptors (Lipinski definition) is 3. The Labute approximate surface area is 186 Å². The number of likely N-dealkylation sites (tertiary alicyclic amines) is 1. The van der Waals surface area contributed by atoms with Crippen molar-refractivity contribution < 1.29 is 18.0 Å². The number of anilines is 1. The van der Waals surface area contributed by atoms with Gasteiger partial charge in [-0.05, 0) is 48.6 Å². The maximum absolute atomic E-state index is 13.5. The Bertz CT molecular complexity index is 972. The number of fused-ring (bicyclic) bond motifs is 3. The predicted octanol–water partition coefficient (Wildman–Crippen LogP) is 4.19. The first-order valence-corrected chi connectivity index (χ1v) is 11.4. The van der Waals surface area contributed by atoms with Crippen molar-refractivity contribution >= 4 is 11.6 Å². The van der Waals surface area contributed by atoms with Gasteiger partial charge in [-0.3, -0.25) is 9.69 Å². The highest BCUT2D eigenvalue weighted by Crippen LogP contribution is 2.40. The average Bonchev–Trinajstić information content (AvgIpc) is 3.33. The number of nitrogens with zero attached hydrogens (tertiary/aromatic N) is 3. The SMILES string of the molecule is O=C(C1Cc2cc(C(F)(F)F)ccc2N2CCN(Cc3ccccc3)CC12)N1CCCC1. The minimum absolute atomic E-state index is 0.0233. The highest BCUT2D eigenvalue weighted by molar-refractivity contribution is 5.82. The minimum Gasteiger partial charge on any atom is -0.365 e. The Hall–Kier alpha value is -2.54. The van der Waals surface area contributed by atoms with Crippen molar-refractivity contribution in [3.8, 4) is 0 Å². The molecule has 2 saturated heterocycles. The highest BCUT2D eigenvalue weighted by atomic mass is 19.4. The maximum atomic E-state index is 13.5. The average molecular weight is 444 g/mol. The molecule has 2 fully saturated rings. The topological polar surface area (TPSA) is 26.8 Å². The number of carbonyl (C=O) groups excluding carboxylic acids is 1. The Morgan fingerprint density at radius 1 is 0.969 bits per heavy atom. The van der Waals surface area contributed by atoms with Crippen LogP contribution >= 0.6 is 0 Å². The lowest BCUT2D eigenvalue weighted by Crippen LogP contribution is -2.61. The number of benzene rings is 2. The molecule has 170 valence electrons. The maximum Gasteiger partial charge on any atom is 0.416 e. The second kappa shape index (κ2) is 8.43. The summed E-state index contributed by atoms with van der Waals surface area (Å²) in [4.78, 5) is 19.9. The van der Waals surface area contributed by atoms with E-state index >= 15 is 0 Å². The predicted molar refractivity (Wildman–Crippen MR) is 117 cm³/mol. The molecule has 0 aromatic heterocycles. The van der Waals surface area contributed by atoms with Crippen molar-refractivity contribution in [3.63, 3.8) is 0 Å². The van der Waals surface area contributed by atoms with E-state index in [1.807, 2.05) is 23.1 Å². The van der Waals surface area contributed by atoms with Gasteiger partial charge in [0.1, 0.15) is 0 Å². The molecule has 2 aromatic carbocycles. The molecule has 5 rings (SSSR count). The molecular weight excluding hydrogens is 415 g/mol. The first kappa shape index (κ1) is 21.3. The van der Waals surface area contributed by atoms with Gasteiger partial charge in [0.2, 0.25) is 5.91 Å². The largest absolute Gasteiger partial charge is 0.416 e. The standard InChI is InChI=1S/C25H28F3N3O/c26-25(27,28)20-8-9-22-19(14-20)15-21(24(32)30-10-4-5-11-30)23-17-29(12-13-31(22)23)16-18-6-2-1-3-7-18/h1-3,6-9,14,21,23H,4-5,10-13,15-17H2. The van der Waals surface area contributed by atoms with Gasteiger partial charge in [-0.1, -0.05) is 30.3 Å². The Kier molecular flexibility index (Phi) is 5.61. The fourth-order valence-electron chi connectivity index (χ4n) is 5.50. The van der Waals surface area contributed by atoms with Gasteiger partial charge in [0, 0.05) is 45.0 Å². The van der Waals surface area contributed by atoms with Gasteiger partial charge in [-0.15, -0.1) is 0 Å². The summed E-state index contributed by atoms with van der Waals surface area (Å²) >= 11 is 0. The number of halogens is 3. The zero-order valence-electron chi connectivity index (χ0n) is 18.0. The lowest BCUT2D eigenvalue weighted by atomic mass is 9.82. The number of carbonyl (C=O) groups is 1. The molecule has 0 saturated carbocycles. The molecule has 3 aliphatic rings. The fourth-order valence-corrected chi connectivity index (χ4v) is 5.50. The summed E-state index contributed by atoms with van der Waals surface area (Å²) in [6.07, 6.45) is -2.01. The van der Waals surface area contributed by atoms with Crippen LogP contribution in [-0.2, 0) is 23.9 Å². The Morgan fingerprint density at radius 2 is 1.72 bits per heavy atom. The van der Waals surface area contributed by atoms with Gasteiger partial charge in [-0.2, -0.15) is 13.2 Å². The summed E-state index contributed by atoms with van der Waals surface area (Å²) in [6, 6.07) is 14.3. The van der Waals surface area contributed by atoms with E-state index in [0.717, 1.165) is 51.3 Å². The second-order valence-corrected chi connectivity index (χ2v) is 9.17. The monoisotopic (exact) mass is 443 g/mol. The van der Waals surface area contributed by atoms with Crippen LogP contribution in [0.25, 0.3) is 0 Å². The van der Waals surface area contributed by atoms with Gasteiger partial charge >= 0.3 is 6.18 Å². The zero-order chi connectivity index (χ0) is 22.3. The van der Waals surface area contributed by atoms with E-state index in [1.54, 1.807) is 6.07 Å². The molecule has 32 heavy (non-hydrogen) atoms. The van der Waals surface area contributed by atoms with Gasteiger partial charge < -0.3 is 9.80 Å². The summed E-state index contributed by atoms with van der Waals surface area (Å²) in [6.45, 7) is 4.59. The number of piperazine rings is 1. The van der Waals surface area contributed by atoms with E-state index in [2.05, 4.69) is 21.9 Å². The molecule has 3 heterocycles. The molecule has 2 aromatic rings. The van der Waals surface area contributed by atoms with Crippen molar-refractivity contribution in [1.29, 1.82) is 0 Å². The van der Waals surface area contributed by atoms with Gasteiger partial charge in [0.25, 0.3) is 0 Å². The summed E-state index contributed by atoms with van der Waals surface area (Å²) in [5, 5.41) is 0. The second-order valence-electron chi connectivity index (χ2n) is 9.17. The molecule has 0 spiro atoms. The van der Waals surface area contributed by atoms with Crippen LogP contribution in [0.15, 0.2) is 48.5 Å². The third-order valence-electron chi connectivity index (χ3n) is 7.11. The minimum atomic E-state index is -4.38. The van der Waals surface area contributed by atoms with Gasteiger partial charge in [0.05, 0.1) is 17.5 Å². The quantitative estimate of drug-likeness (QED) is 0.712. The van der Waals surface area contributed by atoms with Crippen molar-refractivity contribution in [2.45, 2.75) is 38.0 Å². The van der Waals surface area contributed by atoms with Crippen LogP contribution in [0.3, 0.4) is 0 Å². The van der Waals surface area contributed by atoms with Crippen LogP contribution < -0.4 is 4.90 Å². The lowest BCUT2D eigenvalue weighted by Gasteiger charge is -2.49. The third kappa shape index (κ3) is 4.10. The number of rotatable bonds is 3. The summed E-state index contributed by atoms with van der Waals surface area (Å²) < 4.78 is 40.1. The third-order valence-corrected chi connectivity index (χ3v) is 7.11. The van der Waals surface area contributed by atoms with Crippen LogP contribution in [0.2, 0.25) is 0 Å². The molecule has 0 radical (unpaired) electrons. The molecule has 0 N–H and O–H groups in total.